The first-order chi connectivity index (χ1) is 15.9. The number of carbonyl (C=O) groups is 1. The summed E-state index contributed by atoms with van der Waals surface area (Å²) in [5, 5.41) is 14.9. The molecule has 1 N–H and O–H groups in total. The van der Waals surface area contributed by atoms with Crippen molar-refractivity contribution >= 4 is 56.3 Å². The van der Waals surface area contributed by atoms with Crippen LogP contribution < -0.4 is 14.9 Å². The Morgan fingerprint density at radius 2 is 1.91 bits per heavy atom. The van der Waals surface area contributed by atoms with E-state index >= 15 is 0 Å². The van der Waals surface area contributed by atoms with Crippen LogP contribution in [0.4, 0.5) is 5.69 Å². The Hall–Kier alpha value is -2.99. The standard InChI is InChI=1S/C23H19BrIN3O5/c1-2-32-21-12-16(13-26-27-23(29)18-5-3-4-6-19(18)24)11-20(25)22(21)33-14-15-7-9-17(10-8-15)28(30)31/h3-13H,2,14H2,1H3,(H,27,29)/b26-13+. The van der Waals surface area contributed by atoms with E-state index in [4.69, 9.17) is 9.47 Å². The summed E-state index contributed by atoms with van der Waals surface area (Å²) in [6.07, 6.45) is 1.53. The van der Waals surface area contributed by atoms with Gasteiger partial charge in [0.2, 0.25) is 0 Å². The van der Waals surface area contributed by atoms with Crippen LogP contribution in [-0.4, -0.2) is 23.7 Å². The normalized spacial score (nSPS) is 10.8. The van der Waals surface area contributed by atoms with Gasteiger partial charge in [0.15, 0.2) is 11.5 Å². The third-order valence-electron chi connectivity index (χ3n) is 4.36. The van der Waals surface area contributed by atoms with Crippen molar-refractivity contribution in [3.05, 3.63) is 95.5 Å². The van der Waals surface area contributed by atoms with E-state index in [1.165, 1.54) is 18.3 Å². The molecule has 0 saturated heterocycles. The minimum Gasteiger partial charge on any atom is -0.490 e. The summed E-state index contributed by atoms with van der Waals surface area (Å²) in [5.41, 5.74) is 4.53. The number of hydrogen-bond donors (Lipinski definition) is 1. The number of rotatable bonds is 9. The highest BCUT2D eigenvalue weighted by Gasteiger charge is 2.13. The summed E-state index contributed by atoms with van der Waals surface area (Å²) in [7, 11) is 0. The number of nitrogens with zero attached hydrogens (tertiary/aromatic N) is 2. The van der Waals surface area contributed by atoms with Crippen LogP contribution in [0, 0.1) is 13.7 Å². The van der Waals surface area contributed by atoms with Gasteiger partial charge in [0, 0.05) is 16.6 Å². The van der Waals surface area contributed by atoms with Gasteiger partial charge in [-0.2, -0.15) is 5.10 Å². The number of carbonyl (C=O) groups excluding carboxylic acids is 1. The Balaban J connectivity index is 1.72. The maximum absolute atomic E-state index is 12.3. The number of halogens is 2. The van der Waals surface area contributed by atoms with Gasteiger partial charge < -0.3 is 9.47 Å². The van der Waals surface area contributed by atoms with Gasteiger partial charge in [-0.05, 0) is 93.0 Å². The lowest BCUT2D eigenvalue weighted by molar-refractivity contribution is -0.384. The fraction of sp³-hybridized carbons (Fsp3) is 0.130. The van der Waals surface area contributed by atoms with Gasteiger partial charge in [-0.3, -0.25) is 14.9 Å². The zero-order valence-corrected chi connectivity index (χ0v) is 21.2. The number of non-ortho nitro benzene ring substituents is 1. The zero-order chi connectivity index (χ0) is 23.8. The quantitative estimate of drug-likeness (QED) is 0.142. The highest BCUT2D eigenvalue weighted by atomic mass is 127. The van der Waals surface area contributed by atoms with Gasteiger partial charge in [0.05, 0.1) is 26.9 Å². The van der Waals surface area contributed by atoms with Crippen LogP contribution in [0.2, 0.25) is 0 Å². The number of hydrogen-bond acceptors (Lipinski definition) is 6. The first-order valence-corrected chi connectivity index (χ1v) is 11.7. The Kier molecular flexibility index (Phi) is 8.78. The van der Waals surface area contributed by atoms with Crippen LogP contribution in [0.3, 0.4) is 0 Å². The summed E-state index contributed by atoms with van der Waals surface area (Å²) in [4.78, 5) is 22.6. The molecular formula is C23H19BrIN3O5. The Morgan fingerprint density at radius 3 is 2.58 bits per heavy atom. The number of hydrazone groups is 1. The number of ether oxygens (including phenoxy) is 2. The van der Waals surface area contributed by atoms with E-state index in [9.17, 15) is 14.9 Å². The smallest absolute Gasteiger partial charge is 0.272 e. The minimum atomic E-state index is -0.442. The maximum Gasteiger partial charge on any atom is 0.272 e. The molecule has 3 aromatic carbocycles. The lowest BCUT2D eigenvalue weighted by atomic mass is 10.2. The molecule has 0 saturated carbocycles. The number of nitro groups is 1. The molecular weight excluding hydrogens is 605 g/mol. The second-order valence-corrected chi connectivity index (χ2v) is 8.67. The summed E-state index contributed by atoms with van der Waals surface area (Å²) < 4.78 is 13.2. The molecule has 0 aliphatic heterocycles. The lowest BCUT2D eigenvalue weighted by Gasteiger charge is -2.14. The van der Waals surface area contributed by atoms with Crippen LogP contribution >= 0.6 is 38.5 Å². The van der Waals surface area contributed by atoms with Crippen molar-refractivity contribution in [1.82, 2.24) is 5.43 Å². The molecule has 0 fully saturated rings. The van der Waals surface area contributed by atoms with Crippen molar-refractivity contribution in [2.24, 2.45) is 5.10 Å². The molecule has 0 aliphatic carbocycles. The van der Waals surface area contributed by atoms with Gasteiger partial charge in [-0.25, -0.2) is 5.43 Å². The first kappa shape index (κ1) is 24.6. The molecule has 1 amide bonds. The molecule has 0 radical (unpaired) electrons. The zero-order valence-electron chi connectivity index (χ0n) is 17.5. The van der Waals surface area contributed by atoms with Crippen molar-refractivity contribution in [3.63, 3.8) is 0 Å². The molecule has 33 heavy (non-hydrogen) atoms. The first-order valence-electron chi connectivity index (χ1n) is 9.79. The van der Waals surface area contributed by atoms with Gasteiger partial charge in [0.25, 0.3) is 11.6 Å². The summed E-state index contributed by atoms with van der Waals surface area (Å²) in [5.74, 6) is 0.761. The lowest BCUT2D eigenvalue weighted by Crippen LogP contribution is -2.18. The topological polar surface area (TPSA) is 103 Å². The van der Waals surface area contributed by atoms with Crippen molar-refractivity contribution in [1.29, 1.82) is 0 Å². The number of amides is 1. The van der Waals surface area contributed by atoms with Gasteiger partial charge in [-0.15, -0.1) is 0 Å². The predicted molar refractivity (Wildman–Crippen MR) is 137 cm³/mol. The number of nitro benzene ring substituents is 1. The molecule has 3 aromatic rings. The van der Waals surface area contributed by atoms with Gasteiger partial charge in [-0.1, -0.05) is 12.1 Å². The van der Waals surface area contributed by atoms with Crippen LogP contribution in [-0.2, 0) is 6.61 Å². The van der Waals surface area contributed by atoms with E-state index in [2.05, 4.69) is 49.0 Å². The second kappa shape index (κ2) is 11.8. The number of nitrogens with one attached hydrogen (secondary N) is 1. The van der Waals surface area contributed by atoms with Crippen molar-refractivity contribution < 1.29 is 19.2 Å². The van der Waals surface area contributed by atoms with E-state index in [-0.39, 0.29) is 18.2 Å². The van der Waals surface area contributed by atoms with E-state index in [1.54, 1.807) is 36.4 Å². The Labute approximate surface area is 212 Å². The van der Waals surface area contributed by atoms with E-state index in [0.29, 0.717) is 28.1 Å². The Bertz CT molecular complexity index is 1190. The number of benzene rings is 3. The van der Waals surface area contributed by atoms with Crippen LogP contribution in [0.1, 0.15) is 28.4 Å². The molecule has 0 aliphatic rings. The fourth-order valence-corrected chi connectivity index (χ4v) is 4.05. The molecule has 8 nitrogen and oxygen atoms in total. The molecule has 3 rings (SSSR count). The van der Waals surface area contributed by atoms with Crippen molar-refractivity contribution in [3.8, 4) is 11.5 Å². The SMILES string of the molecule is CCOc1cc(/C=N/NC(=O)c2ccccc2Br)cc(I)c1OCc1ccc([N+](=O)[O-])cc1. The monoisotopic (exact) mass is 623 g/mol. The molecule has 0 bridgehead atoms. The third-order valence-corrected chi connectivity index (χ3v) is 5.85. The predicted octanol–water partition coefficient (Wildman–Crippen LogP) is 5.70. The van der Waals surface area contributed by atoms with E-state index in [1.807, 2.05) is 19.1 Å². The van der Waals surface area contributed by atoms with Crippen LogP contribution in [0.5, 0.6) is 11.5 Å². The van der Waals surface area contributed by atoms with Gasteiger partial charge in [0.1, 0.15) is 6.61 Å². The second-order valence-electron chi connectivity index (χ2n) is 6.65. The van der Waals surface area contributed by atoms with Crippen LogP contribution in [0.15, 0.2) is 70.2 Å². The Morgan fingerprint density at radius 1 is 1.18 bits per heavy atom. The molecule has 0 aromatic heterocycles. The summed E-state index contributed by atoms with van der Waals surface area (Å²) in [6.45, 7) is 2.53. The average Bonchev–Trinajstić information content (AvgIpc) is 2.79. The molecule has 0 heterocycles. The fourth-order valence-electron chi connectivity index (χ4n) is 2.81. The minimum absolute atomic E-state index is 0.0266. The van der Waals surface area contributed by atoms with E-state index in [0.717, 1.165) is 14.7 Å². The third kappa shape index (κ3) is 6.75. The highest BCUT2D eigenvalue weighted by molar-refractivity contribution is 14.1. The average molecular weight is 624 g/mol. The highest BCUT2D eigenvalue weighted by Crippen LogP contribution is 2.34. The van der Waals surface area contributed by atoms with Gasteiger partial charge >= 0.3 is 0 Å². The maximum atomic E-state index is 12.3. The molecule has 0 unspecified atom stereocenters. The summed E-state index contributed by atoms with van der Waals surface area (Å²) >= 11 is 5.48. The van der Waals surface area contributed by atoms with Crippen LogP contribution in [0.25, 0.3) is 0 Å². The largest absolute Gasteiger partial charge is 0.490 e. The molecule has 170 valence electrons. The molecule has 10 heteroatoms. The molecule has 0 atom stereocenters. The molecule has 0 spiro atoms. The summed E-state index contributed by atoms with van der Waals surface area (Å²) in [6, 6.07) is 16.9. The van der Waals surface area contributed by atoms with Crippen molar-refractivity contribution in [2.45, 2.75) is 13.5 Å². The van der Waals surface area contributed by atoms with E-state index < -0.39 is 4.92 Å². The van der Waals surface area contributed by atoms with Crippen molar-refractivity contribution in [2.75, 3.05) is 6.61 Å².